The van der Waals surface area contributed by atoms with Crippen LogP contribution in [0.15, 0.2) is 30.3 Å². The van der Waals surface area contributed by atoms with E-state index in [4.69, 9.17) is 11.6 Å². The summed E-state index contributed by atoms with van der Waals surface area (Å²) in [5.74, 6) is 0.455. The highest BCUT2D eigenvalue weighted by atomic mass is 35.5. The molecule has 0 unspecified atom stereocenters. The molecule has 0 aliphatic heterocycles. The molecular formula is C15H20ClNO. The van der Waals surface area contributed by atoms with Gasteiger partial charge < -0.3 is 5.32 Å². The van der Waals surface area contributed by atoms with E-state index in [-0.39, 0.29) is 11.3 Å². The Morgan fingerprint density at radius 1 is 1.22 bits per heavy atom. The summed E-state index contributed by atoms with van der Waals surface area (Å²) in [5.41, 5.74) is 1.50. The smallest absolute Gasteiger partial charge is 0.221 e. The molecule has 1 N–H and O–H groups in total. The molecule has 1 aliphatic rings. The maximum atomic E-state index is 11.6. The van der Waals surface area contributed by atoms with E-state index in [1.165, 1.54) is 18.4 Å². The van der Waals surface area contributed by atoms with Crippen molar-refractivity contribution in [3.8, 4) is 0 Å². The molecular weight excluding hydrogens is 246 g/mol. The first kappa shape index (κ1) is 13.4. The van der Waals surface area contributed by atoms with E-state index in [1.807, 2.05) is 6.07 Å². The Balaban J connectivity index is 2.06. The zero-order valence-electron chi connectivity index (χ0n) is 10.6. The van der Waals surface area contributed by atoms with Gasteiger partial charge in [0.15, 0.2) is 0 Å². The molecule has 3 heteroatoms. The maximum Gasteiger partial charge on any atom is 0.221 e. The number of benzene rings is 1. The number of carbonyl (C=O) groups is 1. The van der Waals surface area contributed by atoms with Crippen molar-refractivity contribution in [3.05, 3.63) is 35.9 Å². The number of carbonyl (C=O) groups excluding carboxylic acids is 1. The number of rotatable bonds is 5. The van der Waals surface area contributed by atoms with E-state index in [1.54, 1.807) is 0 Å². The van der Waals surface area contributed by atoms with Crippen LogP contribution in [0.2, 0.25) is 0 Å². The van der Waals surface area contributed by atoms with Gasteiger partial charge in [0.2, 0.25) is 5.91 Å². The van der Waals surface area contributed by atoms with Crippen molar-refractivity contribution in [1.82, 2.24) is 5.32 Å². The van der Waals surface area contributed by atoms with Crippen LogP contribution in [0.4, 0.5) is 0 Å². The van der Waals surface area contributed by atoms with Crippen LogP contribution in [0.3, 0.4) is 0 Å². The van der Waals surface area contributed by atoms with E-state index < -0.39 is 0 Å². The molecule has 0 aromatic heterocycles. The van der Waals surface area contributed by atoms with Crippen LogP contribution >= 0.6 is 11.6 Å². The summed E-state index contributed by atoms with van der Waals surface area (Å²) in [6.45, 7) is 0.743. The second-order valence-corrected chi connectivity index (χ2v) is 5.45. The summed E-state index contributed by atoms with van der Waals surface area (Å²) >= 11 is 5.58. The molecule has 1 aliphatic carbocycles. The second-order valence-electron chi connectivity index (χ2n) is 5.07. The Kier molecular flexibility index (Phi) is 4.65. The standard InChI is InChI=1S/C15H20ClNO/c16-11-8-14(18)17-12-15(9-4-5-10-15)13-6-2-1-3-7-13/h1-3,6-7H,4-5,8-12H2,(H,17,18). The van der Waals surface area contributed by atoms with Crippen LogP contribution in [0.1, 0.15) is 37.7 Å². The molecule has 98 valence electrons. The number of alkyl halides is 1. The van der Waals surface area contributed by atoms with Crippen LogP contribution in [0, 0.1) is 0 Å². The van der Waals surface area contributed by atoms with E-state index in [0.717, 1.165) is 19.4 Å². The van der Waals surface area contributed by atoms with Crippen molar-refractivity contribution in [2.24, 2.45) is 0 Å². The number of amides is 1. The minimum absolute atomic E-state index is 0.0622. The Morgan fingerprint density at radius 2 is 1.89 bits per heavy atom. The van der Waals surface area contributed by atoms with Gasteiger partial charge in [-0.1, -0.05) is 43.2 Å². The average Bonchev–Trinajstić information content (AvgIpc) is 2.88. The number of hydrogen-bond donors (Lipinski definition) is 1. The molecule has 1 saturated carbocycles. The molecule has 1 aromatic rings. The zero-order chi connectivity index (χ0) is 12.8. The zero-order valence-corrected chi connectivity index (χ0v) is 11.4. The highest BCUT2D eigenvalue weighted by Crippen LogP contribution is 2.40. The number of nitrogens with one attached hydrogen (secondary N) is 1. The molecule has 0 spiro atoms. The van der Waals surface area contributed by atoms with Gasteiger partial charge in [0.05, 0.1) is 0 Å². The monoisotopic (exact) mass is 265 g/mol. The maximum absolute atomic E-state index is 11.6. The third-order valence-corrected chi connectivity index (χ3v) is 4.08. The van der Waals surface area contributed by atoms with Gasteiger partial charge in [-0.15, -0.1) is 11.6 Å². The SMILES string of the molecule is O=C(CCCl)NCC1(c2ccccc2)CCCC1. The van der Waals surface area contributed by atoms with Crippen molar-refractivity contribution >= 4 is 17.5 Å². The molecule has 2 nitrogen and oxygen atoms in total. The summed E-state index contributed by atoms with van der Waals surface area (Å²) in [7, 11) is 0. The predicted molar refractivity (Wildman–Crippen MR) is 74.9 cm³/mol. The summed E-state index contributed by atoms with van der Waals surface area (Å²) in [6, 6.07) is 10.6. The fourth-order valence-electron chi connectivity index (χ4n) is 2.85. The minimum Gasteiger partial charge on any atom is -0.355 e. The average molecular weight is 266 g/mol. The number of hydrogen-bond acceptors (Lipinski definition) is 1. The van der Waals surface area contributed by atoms with Crippen molar-refractivity contribution in [2.45, 2.75) is 37.5 Å². The molecule has 2 rings (SSSR count). The van der Waals surface area contributed by atoms with E-state index in [9.17, 15) is 4.79 Å². The number of halogens is 1. The van der Waals surface area contributed by atoms with Crippen LogP contribution < -0.4 is 5.32 Å². The van der Waals surface area contributed by atoms with Gasteiger partial charge in [-0.3, -0.25) is 4.79 Å². The van der Waals surface area contributed by atoms with Crippen molar-refractivity contribution in [1.29, 1.82) is 0 Å². The topological polar surface area (TPSA) is 29.1 Å². The molecule has 1 amide bonds. The first-order valence-corrected chi connectivity index (χ1v) is 7.18. The quantitative estimate of drug-likeness (QED) is 0.814. The molecule has 18 heavy (non-hydrogen) atoms. The first-order chi connectivity index (χ1) is 8.77. The lowest BCUT2D eigenvalue weighted by Gasteiger charge is -2.30. The fourth-order valence-corrected chi connectivity index (χ4v) is 3.02. The Labute approximate surface area is 114 Å². The molecule has 0 radical (unpaired) electrons. The van der Waals surface area contributed by atoms with Crippen molar-refractivity contribution in [2.75, 3.05) is 12.4 Å². The van der Waals surface area contributed by atoms with Crippen LogP contribution in [0.5, 0.6) is 0 Å². The van der Waals surface area contributed by atoms with Crippen LogP contribution in [-0.2, 0) is 10.2 Å². The normalized spacial score (nSPS) is 17.6. The molecule has 0 saturated heterocycles. The first-order valence-electron chi connectivity index (χ1n) is 6.65. The summed E-state index contributed by atoms with van der Waals surface area (Å²) in [4.78, 5) is 11.6. The highest BCUT2D eigenvalue weighted by molar-refractivity contribution is 6.18. The van der Waals surface area contributed by atoms with E-state index in [0.29, 0.717) is 12.3 Å². The third-order valence-electron chi connectivity index (χ3n) is 3.89. The molecule has 1 aromatic carbocycles. The predicted octanol–water partition coefficient (Wildman–Crippen LogP) is 3.24. The third kappa shape index (κ3) is 3.05. The van der Waals surface area contributed by atoms with Gasteiger partial charge in [0.25, 0.3) is 0 Å². The van der Waals surface area contributed by atoms with Crippen LogP contribution in [-0.4, -0.2) is 18.3 Å². The molecule has 0 atom stereocenters. The second kappa shape index (κ2) is 6.24. The lowest BCUT2D eigenvalue weighted by Crippen LogP contribution is -2.39. The minimum atomic E-state index is 0.0622. The van der Waals surface area contributed by atoms with Gasteiger partial charge in [-0.2, -0.15) is 0 Å². The van der Waals surface area contributed by atoms with Gasteiger partial charge in [0.1, 0.15) is 0 Å². The Morgan fingerprint density at radius 3 is 2.50 bits per heavy atom. The lowest BCUT2D eigenvalue weighted by molar-refractivity contribution is -0.120. The lowest BCUT2D eigenvalue weighted by atomic mass is 9.79. The largest absolute Gasteiger partial charge is 0.355 e. The fraction of sp³-hybridized carbons (Fsp3) is 0.533. The van der Waals surface area contributed by atoms with E-state index in [2.05, 4.69) is 29.6 Å². The summed E-state index contributed by atoms with van der Waals surface area (Å²) in [5, 5.41) is 3.04. The van der Waals surface area contributed by atoms with Gasteiger partial charge in [0, 0.05) is 24.3 Å². The van der Waals surface area contributed by atoms with Crippen LogP contribution in [0.25, 0.3) is 0 Å². The van der Waals surface area contributed by atoms with Crippen molar-refractivity contribution in [3.63, 3.8) is 0 Å². The summed E-state index contributed by atoms with van der Waals surface area (Å²) < 4.78 is 0. The molecule has 0 bridgehead atoms. The highest BCUT2D eigenvalue weighted by Gasteiger charge is 2.35. The molecule has 1 fully saturated rings. The van der Waals surface area contributed by atoms with Crippen molar-refractivity contribution < 1.29 is 4.79 Å². The Bertz CT molecular complexity index is 385. The van der Waals surface area contributed by atoms with Gasteiger partial charge in [-0.05, 0) is 18.4 Å². The van der Waals surface area contributed by atoms with E-state index >= 15 is 0 Å². The van der Waals surface area contributed by atoms with Gasteiger partial charge in [-0.25, -0.2) is 0 Å². The Hall–Kier alpha value is -1.02. The molecule has 0 heterocycles. The van der Waals surface area contributed by atoms with Gasteiger partial charge >= 0.3 is 0 Å². The summed E-state index contributed by atoms with van der Waals surface area (Å²) in [6.07, 6.45) is 5.24.